The highest BCUT2D eigenvalue weighted by Gasteiger charge is 2.34. The summed E-state index contributed by atoms with van der Waals surface area (Å²) in [6.07, 6.45) is -0.634. The smallest absolute Gasteiger partial charge is 0.303 e. The van der Waals surface area contributed by atoms with Gasteiger partial charge in [-0.25, -0.2) is 0 Å². The Bertz CT molecular complexity index is 1650. The van der Waals surface area contributed by atoms with Crippen LogP contribution in [0.1, 0.15) is 78.9 Å². The Balaban J connectivity index is 1.31. The topological polar surface area (TPSA) is 129 Å². The number of carbonyl (C=O) groups is 2. The molecule has 1 aliphatic rings. The van der Waals surface area contributed by atoms with Crippen molar-refractivity contribution in [2.24, 2.45) is 0 Å². The Hall–Kier alpha value is -4.38. The molecule has 4 aromatic carbocycles. The second-order valence-corrected chi connectivity index (χ2v) is 12.7. The number of aliphatic hydroxyl groups is 2. The van der Waals surface area contributed by atoms with Crippen LogP contribution in [-0.4, -0.2) is 57.8 Å². The van der Waals surface area contributed by atoms with Crippen LogP contribution >= 0.6 is 0 Å². The van der Waals surface area contributed by atoms with E-state index in [0.29, 0.717) is 25.9 Å². The van der Waals surface area contributed by atoms with Crippen molar-refractivity contribution in [3.8, 4) is 11.1 Å². The van der Waals surface area contributed by atoms with Gasteiger partial charge in [0.05, 0.1) is 24.9 Å². The Labute approximate surface area is 288 Å². The van der Waals surface area contributed by atoms with Gasteiger partial charge in [0.15, 0.2) is 6.29 Å². The number of hydrogen-bond acceptors (Lipinski definition) is 7. The molecule has 0 saturated carbocycles. The highest BCUT2D eigenvalue weighted by Crippen LogP contribution is 2.39. The molecule has 9 nitrogen and oxygen atoms in total. The lowest BCUT2D eigenvalue weighted by atomic mass is 9.97. The fourth-order valence-electron chi connectivity index (χ4n) is 6.15. The molecule has 1 saturated heterocycles. The average Bonchev–Trinajstić information content (AvgIpc) is 3.13. The number of benzene rings is 4. The normalized spacial score (nSPS) is 18.9. The molecule has 5 rings (SSSR count). The van der Waals surface area contributed by atoms with Crippen LogP contribution in [0.4, 0.5) is 0 Å². The molecule has 0 unspecified atom stereocenters. The van der Waals surface area contributed by atoms with E-state index in [1.165, 1.54) is 0 Å². The first-order valence-electron chi connectivity index (χ1n) is 16.8. The number of aliphatic hydroxyl groups excluding tert-OH is 2. The number of carboxylic acid groups (broad SMARTS) is 1. The summed E-state index contributed by atoms with van der Waals surface area (Å²) < 4.78 is 13.2. The van der Waals surface area contributed by atoms with Crippen molar-refractivity contribution < 1.29 is 34.4 Å². The van der Waals surface area contributed by atoms with Crippen molar-refractivity contribution in [2.45, 2.75) is 76.4 Å². The number of hydrogen-bond donors (Lipinski definition) is 4. The Morgan fingerprint density at radius 2 is 1.55 bits per heavy atom. The maximum atomic E-state index is 12.3. The van der Waals surface area contributed by atoms with Gasteiger partial charge in [-0.3, -0.25) is 14.5 Å². The fraction of sp³-hybridized carbons (Fsp3) is 0.350. The lowest BCUT2D eigenvalue weighted by molar-refractivity contribution is -0.253. The van der Waals surface area contributed by atoms with Gasteiger partial charge in [-0.05, 0) is 53.8 Å². The number of nitrogens with zero attached hydrogens (tertiary/aromatic N) is 1. The summed E-state index contributed by atoms with van der Waals surface area (Å²) in [7, 11) is 2.00. The van der Waals surface area contributed by atoms with Crippen LogP contribution in [0.25, 0.3) is 11.1 Å². The molecule has 0 bridgehead atoms. The van der Waals surface area contributed by atoms with Crippen LogP contribution in [0, 0.1) is 0 Å². The second kappa shape index (κ2) is 17.3. The van der Waals surface area contributed by atoms with E-state index in [1.54, 1.807) is 0 Å². The molecular weight excluding hydrogens is 620 g/mol. The summed E-state index contributed by atoms with van der Waals surface area (Å²) >= 11 is 0. The molecule has 0 radical (unpaired) electrons. The van der Waals surface area contributed by atoms with Crippen molar-refractivity contribution in [3.63, 3.8) is 0 Å². The van der Waals surface area contributed by atoms with Gasteiger partial charge in [0.2, 0.25) is 5.91 Å². The molecule has 5 atom stereocenters. The van der Waals surface area contributed by atoms with Gasteiger partial charge in [0.1, 0.15) is 0 Å². The Morgan fingerprint density at radius 1 is 0.878 bits per heavy atom. The van der Waals surface area contributed by atoms with Crippen LogP contribution in [-0.2, 0) is 32.2 Å². The molecular formula is C40H46N2O7. The minimum Gasteiger partial charge on any atom is -0.481 e. The number of ether oxygens (including phenoxy) is 2. The van der Waals surface area contributed by atoms with Crippen LogP contribution < -0.4 is 5.32 Å². The predicted octanol–water partition coefficient (Wildman–Crippen LogP) is 6.32. The van der Waals surface area contributed by atoms with E-state index in [1.807, 2.05) is 117 Å². The van der Waals surface area contributed by atoms with Crippen LogP contribution in [0.5, 0.6) is 0 Å². The summed E-state index contributed by atoms with van der Waals surface area (Å²) in [6.45, 7) is 2.91. The number of likely N-dealkylation sites (N-methyl/N-ethyl adjacent to an activating group) is 1. The standard InChI is InChI=1S/C40H46N2O7/c1-27(39(47)31-9-4-3-5-10-31)42(2)25-34-23-36(30-17-15-28(26-43)16-18-30)49-40(48-34)32-21-19-29(20-22-32)35-12-7-6-11-33(35)24-41-37(44)13-8-14-38(45)46/h3-7,9-12,15-22,27,34,36,39-40,43,47H,8,13-14,23-26H2,1-2H3,(H,41,44)(H,45,46)/t27-,34-,36+,39-,40+/m1/s1. The van der Waals surface area contributed by atoms with Crippen LogP contribution in [0.2, 0.25) is 0 Å². The molecule has 0 aliphatic carbocycles. The number of rotatable bonds is 15. The van der Waals surface area contributed by atoms with Gasteiger partial charge in [0, 0.05) is 44.0 Å². The minimum absolute atomic E-state index is 0.0266. The maximum Gasteiger partial charge on any atom is 0.303 e. The molecule has 4 N–H and O–H groups in total. The summed E-state index contributed by atoms with van der Waals surface area (Å²) in [4.78, 5) is 25.2. The van der Waals surface area contributed by atoms with Gasteiger partial charge in [-0.2, -0.15) is 0 Å². The summed E-state index contributed by atoms with van der Waals surface area (Å²) in [5, 5.41) is 32.4. The van der Waals surface area contributed by atoms with Gasteiger partial charge < -0.3 is 30.1 Å². The van der Waals surface area contributed by atoms with Crippen molar-refractivity contribution >= 4 is 11.9 Å². The number of nitrogens with one attached hydrogen (secondary N) is 1. The highest BCUT2D eigenvalue weighted by molar-refractivity contribution is 5.77. The van der Waals surface area contributed by atoms with E-state index in [4.69, 9.17) is 14.6 Å². The van der Waals surface area contributed by atoms with Gasteiger partial charge in [0.25, 0.3) is 0 Å². The summed E-state index contributed by atoms with van der Waals surface area (Å²) in [6, 6.07) is 33.2. The molecule has 4 aromatic rings. The summed E-state index contributed by atoms with van der Waals surface area (Å²) in [5.41, 5.74) is 6.49. The molecule has 49 heavy (non-hydrogen) atoms. The Kier molecular flexibility index (Phi) is 12.7. The molecule has 0 spiro atoms. The SMILES string of the molecule is C[C@H]([C@@H](O)c1ccccc1)N(C)C[C@H]1C[C@@H](c2ccc(CO)cc2)O[C@@H](c2ccc(-c3ccccc3CNC(=O)CCCC(=O)O)cc2)O1. The third-order valence-corrected chi connectivity index (χ3v) is 9.18. The van der Waals surface area contributed by atoms with Crippen molar-refractivity contribution in [2.75, 3.05) is 13.6 Å². The number of amides is 1. The number of carboxylic acids is 1. The molecule has 9 heteroatoms. The third-order valence-electron chi connectivity index (χ3n) is 9.18. The van der Waals surface area contributed by atoms with Crippen molar-refractivity contribution in [3.05, 3.63) is 131 Å². The first-order chi connectivity index (χ1) is 23.7. The monoisotopic (exact) mass is 666 g/mol. The molecule has 1 heterocycles. The van der Waals surface area contributed by atoms with Gasteiger partial charge >= 0.3 is 5.97 Å². The first-order valence-corrected chi connectivity index (χ1v) is 16.8. The third kappa shape index (κ3) is 9.84. The lowest BCUT2D eigenvalue weighted by Gasteiger charge is -2.39. The van der Waals surface area contributed by atoms with Gasteiger partial charge in [-0.15, -0.1) is 0 Å². The molecule has 0 aromatic heterocycles. The first kappa shape index (κ1) is 35.9. The van der Waals surface area contributed by atoms with E-state index < -0.39 is 18.4 Å². The molecule has 1 aliphatic heterocycles. The predicted molar refractivity (Wildman–Crippen MR) is 187 cm³/mol. The zero-order valence-electron chi connectivity index (χ0n) is 28.1. The quantitative estimate of drug-likeness (QED) is 0.116. The van der Waals surface area contributed by atoms with E-state index in [9.17, 15) is 19.8 Å². The zero-order valence-corrected chi connectivity index (χ0v) is 28.1. The molecule has 1 fully saturated rings. The van der Waals surface area contributed by atoms with E-state index in [2.05, 4.69) is 10.2 Å². The highest BCUT2D eigenvalue weighted by atomic mass is 16.7. The zero-order chi connectivity index (χ0) is 34.8. The van der Waals surface area contributed by atoms with E-state index in [-0.39, 0.29) is 43.6 Å². The number of carbonyl (C=O) groups excluding carboxylic acids is 1. The largest absolute Gasteiger partial charge is 0.481 e. The Morgan fingerprint density at radius 3 is 2.24 bits per heavy atom. The number of aliphatic carboxylic acids is 1. The van der Waals surface area contributed by atoms with Crippen LogP contribution in [0.15, 0.2) is 103 Å². The lowest BCUT2D eigenvalue weighted by Crippen LogP contribution is -2.43. The van der Waals surface area contributed by atoms with Crippen molar-refractivity contribution in [1.82, 2.24) is 10.2 Å². The average molecular weight is 667 g/mol. The van der Waals surface area contributed by atoms with E-state index in [0.717, 1.165) is 38.9 Å². The maximum absolute atomic E-state index is 12.3. The van der Waals surface area contributed by atoms with E-state index >= 15 is 0 Å². The van der Waals surface area contributed by atoms with Crippen LogP contribution in [0.3, 0.4) is 0 Å². The summed E-state index contributed by atoms with van der Waals surface area (Å²) in [5.74, 6) is -1.09. The fourth-order valence-corrected chi connectivity index (χ4v) is 6.15. The molecule has 258 valence electrons. The molecule has 1 amide bonds. The second-order valence-electron chi connectivity index (χ2n) is 12.7. The van der Waals surface area contributed by atoms with Gasteiger partial charge in [-0.1, -0.05) is 103 Å². The van der Waals surface area contributed by atoms with Crippen molar-refractivity contribution in [1.29, 1.82) is 0 Å². The minimum atomic E-state index is -0.908.